The van der Waals surface area contributed by atoms with Crippen LogP contribution in [0.25, 0.3) is 0 Å². The zero-order valence-corrected chi connectivity index (χ0v) is 18.3. The Balaban J connectivity index is 1.56. The molecule has 2 heterocycles. The topological polar surface area (TPSA) is 67.9 Å². The standard InChI is InChI=1S/C24H24N2O4S/c1-29-18-10-11-19(21(15-18)30-2)20-8-4-12-26(20)24(28)16-6-3-7-17(14-16)25-23(27)22-9-5-13-31-22/h3,5-7,9-11,13-15,20H,4,8,12H2,1-2H3,(H,25,27). The fourth-order valence-corrected chi connectivity index (χ4v) is 4.54. The van der Waals surface area contributed by atoms with Crippen molar-refractivity contribution in [3.05, 3.63) is 76.0 Å². The van der Waals surface area contributed by atoms with E-state index in [0.29, 0.717) is 34.2 Å². The highest BCUT2D eigenvalue weighted by Gasteiger charge is 2.32. The molecule has 2 amide bonds. The fraction of sp³-hybridized carbons (Fsp3) is 0.250. The SMILES string of the molecule is COc1ccc(C2CCCN2C(=O)c2cccc(NC(=O)c3cccs3)c2)c(OC)c1. The van der Waals surface area contributed by atoms with Gasteiger partial charge in [0.05, 0.1) is 25.1 Å². The zero-order chi connectivity index (χ0) is 21.8. The van der Waals surface area contributed by atoms with E-state index in [9.17, 15) is 9.59 Å². The van der Waals surface area contributed by atoms with Crippen molar-refractivity contribution < 1.29 is 19.1 Å². The number of likely N-dealkylation sites (tertiary alicyclic amines) is 1. The van der Waals surface area contributed by atoms with Crippen molar-refractivity contribution in [2.75, 3.05) is 26.1 Å². The molecule has 6 nitrogen and oxygen atoms in total. The van der Waals surface area contributed by atoms with E-state index < -0.39 is 0 Å². The third-order valence-electron chi connectivity index (χ3n) is 5.43. The zero-order valence-electron chi connectivity index (χ0n) is 17.5. The third kappa shape index (κ3) is 4.41. The smallest absolute Gasteiger partial charge is 0.265 e. The van der Waals surface area contributed by atoms with Gasteiger partial charge in [0, 0.05) is 29.4 Å². The molecule has 1 N–H and O–H groups in total. The Morgan fingerprint density at radius 2 is 1.94 bits per heavy atom. The van der Waals surface area contributed by atoms with Gasteiger partial charge in [-0.05, 0) is 54.6 Å². The van der Waals surface area contributed by atoms with Crippen LogP contribution in [0.5, 0.6) is 11.5 Å². The van der Waals surface area contributed by atoms with Crippen LogP contribution < -0.4 is 14.8 Å². The molecule has 1 unspecified atom stereocenters. The van der Waals surface area contributed by atoms with Crippen molar-refractivity contribution in [3.63, 3.8) is 0 Å². The summed E-state index contributed by atoms with van der Waals surface area (Å²) in [6.07, 6.45) is 1.78. The second-order valence-corrected chi connectivity index (χ2v) is 8.22. The summed E-state index contributed by atoms with van der Waals surface area (Å²) in [6, 6.07) is 16.3. The van der Waals surface area contributed by atoms with Crippen LogP contribution in [0.1, 0.15) is 44.5 Å². The minimum Gasteiger partial charge on any atom is -0.497 e. The van der Waals surface area contributed by atoms with Crippen molar-refractivity contribution in [1.82, 2.24) is 4.90 Å². The summed E-state index contributed by atoms with van der Waals surface area (Å²) in [6.45, 7) is 0.671. The molecule has 31 heavy (non-hydrogen) atoms. The molecule has 0 saturated carbocycles. The molecule has 1 atom stereocenters. The maximum atomic E-state index is 13.4. The maximum absolute atomic E-state index is 13.4. The van der Waals surface area contributed by atoms with Gasteiger partial charge >= 0.3 is 0 Å². The highest BCUT2D eigenvalue weighted by atomic mass is 32.1. The van der Waals surface area contributed by atoms with Crippen molar-refractivity contribution in [2.45, 2.75) is 18.9 Å². The molecule has 4 rings (SSSR count). The van der Waals surface area contributed by atoms with Gasteiger partial charge in [0.2, 0.25) is 0 Å². The Labute approximate surface area is 185 Å². The number of hydrogen-bond acceptors (Lipinski definition) is 5. The molecule has 2 aromatic carbocycles. The lowest BCUT2D eigenvalue weighted by molar-refractivity contribution is 0.0734. The van der Waals surface area contributed by atoms with Gasteiger partial charge < -0.3 is 19.7 Å². The van der Waals surface area contributed by atoms with E-state index in [4.69, 9.17) is 9.47 Å². The van der Waals surface area contributed by atoms with Gasteiger partial charge in [-0.2, -0.15) is 0 Å². The summed E-state index contributed by atoms with van der Waals surface area (Å²) in [5.74, 6) is 1.18. The lowest BCUT2D eigenvalue weighted by atomic mass is 10.0. The Morgan fingerprint density at radius 1 is 1.06 bits per heavy atom. The van der Waals surface area contributed by atoms with Crippen LogP contribution in [-0.4, -0.2) is 37.5 Å². The van der Waals surface area contributed by atoms with Crippen LogP contribution in [0, 0.1) is 0 Å². The Hall–Kier alpha value is -3.32. The number of nitrogens with one attached hydrogen (secondary N) is 1. The lowest BCUT2D eigenvalue weighted by Crippen LogP contribution is -2.30. The molecule has 0 radical (unpaired) electrons. The van der Waals surface area contributed by atoms with E-state index in [-0.39, 0.29) is 17.9 Å². The van der Waals surface area contributed by atoms with Crippen LogP contribution in [0.4, 0.5) is 5.69 Å². The molecule has 0 aliphatic carbocycles. The van der Waals surface area contributed by atoms with Crippen molar-refractivity contribution in [2.24, 2.45) is 0 Å². The molecule has 0 bridgehead atoms. The van der Waals surface area contributed by atoms with Gasteiger partial charge in [0.1, 0.15) is 11.5 Å². The van der Waals surface area contributed by atoms with Crippen LogP contribution >= 0.6 is 11.3 Å². The quantitative estimate of drug-likeness (QED) is 0.591. The molecule has 7 heteroatoms. The molecule has 1 aromatic heterocycles. The van der Waals surface area contributed by atoms with E-state index >= 15 is 0 Å². The highest BCUT2D eigenvalue weighted by Crippen LogP contribution is 2.39. The first-order valence-electron chi connectivity index (χ1n) is 10.1. The summed E-state index contributed by atoms with van der Waals surface area (Å²) in [4.78, 5) is 28.2. The van der Waals surface area contributed by atoms with Gasteiger partial charge in [-0.15, -0.1) is 11.3 Å². The number of thiophene rings is 1. The van der Waals surface area contributed by atoms with Gasteiger partial charge in [-0.3, -0.25) is 9.59 Å². The van der Waals surface area contributed by atoms with Gasteiger partial charge in [-0.1, -0.05) is 12.1 Å². The maximum Gasteiger partial charge on any atom is 0.265 e. The lowest BCUT2D eigenvalue weighted by Gasteiger charge is -2.27. The minimum atomic E-state index is -0.179. The second kappa shape index (κ2) is 9.22. The predicted molar refractivity (Wildman–Crippen MR) is 121 cm³/mol. The normalized spacial score (nSPS) is 15.5. The average molecular weight is 437 g/mol. The van der Waals surface area contributed by atoms with E-state index in [1.165, 1.54) is 11.3 Å². The number of ether oxygens (including phenoxy) is 2. The van der Waals surface area contributed by atoms with Crippen LogP contribution in [0.2, 0.25) is 0 Å². The number of carbonyl (C=O) groups is 2. The summed E-state index contributed by atoms with van der Waals surface area (Å²) in [5.41, 5.74) is 2.11. The molecule has 0 spiro atoms. The Morgan fingerprint density at radius 3 is 2.68 bits per heavy atom. The number of rotatable bonds is 6. The van der Waals surface area contributed by atoms with Crippen molar-refractivity contribution in [1.29, 1.82) is 0 Å². The molecular weight excluding hydrogens is 412 g/mol. The van der Waals surface area contributed by atoms with E-state index in [2.05, 4.69) is 5.32 Å². The molecule has 1 fully saturated rings. The van der Waals surface area contributed by atoms with E-state index in [1.807, 2.05) is 34.5 Å². The average Bonchev–Trinajstić information content (AvgIpc) is 3.50. The van der Waals surface area contributed by atoms with Crippen molar-refractivity contribution in [3.8, 4) is 11.5 Å². The Bertz CT molecular complexity index is 1080. The number of anilines is 1. The molecule has 160 valence electrons. The first kappa shape index (κ1) is 20.9. The van der Waals surface area contributed by atoms with Gasteiger partial charge in [0.15, 0.2) is 0 Å². The van der Waals surface area contributed by atoms with Crippen LogP contribution in [-0.2, 0) is 0 Å². The minimum absolute atomic E-state index is 0.0624. The highest BCUT2D eigenvalue weighted by molar-refractivity contribution is 7.12. The van der Waals surface area contributed by atoms with Crippen LogP contribution in [0.15, 0.2) is 60.0 Å². The third-order valence-corrected chi connectivity index (χ3v) is 6.29. The molecular formula is C24H24N2O4S. The van der Waals surface area contributed by atoms with E-state index in [0.717, 1.165) is 18.4 Å². The fourth-order valence-electron chi connectivity index (χ4n) is 3.92. The largest absolute Gasteiger partial charge is 0.497 e. The number of carbonyl (C=O) groups excluding carboxylic acids is 2. The molecule has 3 aromatic rings. The van der Waals surface area contributed by atoms with Crippen LogP contribution in [0.3, 0.4) is 0 Å². The summed E-state index contributed by atoms with van der Waals surface area (Å²) in [5, 5.41) is 4.73. The second-order valence-electron chi connectivity index (χ2n) is 7.28. The number of nitrogens with zero attached hydrogens (tertiary/aromatic N) is 1. The van der Waals surface area contributed by atoms with Gasteiger partial charge in [0.25, 0.3) is 11.8 Å². The molecule has 1 aliphatic heterocycles. The first-order chi connectivity index (χ1) is 15.1. The number of amides is 2. The predicted octanol–water partition coefficient (Wildman–Crippen LogP) is 4.99. The molecule has 1 saturated heterocycles. The molecule has 1 aliphatic rings. The summed E-state index contributed by atoms with van der Waals surface area (Å²) < 4.78 is 10.9. The summed E-state index contributed by atoms with van der Waals surface area (Å²) in [7, 11) is 3.24. The monoisotopic (exact) mass is 436 g/mol. The van der Waals surface area contributed by atoms with Gasteiger partial charge in [-0.25, -0.2) is 0 Å². The van der Waals surface area contributed by atoms with Crippen molar-refractivity contribution >= 4 is 28.8 Å². The number of hydrogen-bond donors (Lipinski definition) is 1. The number of benzene rings is 2. The number of methoxy groups -OCH3 is 2. The Kier molecular flexibility index (Phi) is 6.23. The van der Waals surface area contributed by atoms with E-state index in [1.54, 1.807) is 44.6 Å². The first-order valence-corrected chi connectivity index (χ1v) is 11.0. The summed E-state index contributed by atoms with van der Waals surface area (Å²) >= 11 is 1.38.